The van der Waals surface area contributed by atoms with Crippen LogP contribution in [-0.4, -0.2) is 31.5 Å². The molecule has 0 aliphatic heterocycles. The maximum atomic E-state index is 12.5. The van der Waals surface area contributed by atoms with E-state index in [0.29, 0.717) is 6.42 Å². The first kappa shape index (κ1) is 19.5. The topological polar surface area (TPSA) is 64.6 Å². The van der Waals surface area contributed by atoms with Crippen LogP contribution in [0.2, 0.25) is 0 Å². The molecule has 2 aromatic carbocycles. The SMILES string of the molecule is CCOC(=O)[C@@H](Nc1ccc(OC)cc1)[C@@H](Cc1ccccc1)C(C)=O. The lowest BCUT2D eigenvalue weighted by Gasteiger charge is -2.25. The summed E-state index contributed by atoms with van der Waals surface area (Å²) < 4.78 is 10.4. The Labute approximate surface area is 154 Å². The minimum atomic E-state index is -0.763. The number of benzene rings is 2. The fourth-order valence-corrected chi connectivity index (χ4v) is 2.79. The van der Waals surface area contributed by atoms with Gasteiger partial charge in [0.1, 0.15) is 17.6 Å². The van der Waals surface area contributed by atoms with Crippen molar-refractivity contribution in [2.24, 2.45) is 5.92 Å². The first-order valence-corrected chi connectivity index (χ1v) is 8.66. The molecule has 0 unspecified atom stereocenters. The number of hydrogen-bond donors (Lipinski definition) is 1. The highest BCUT2D eigenvalue weighted by Gasteiger charge is 2.33. The summed E-state index contributed by atoms with van der Waals surface area (Å²) in [5, 5.41) is 3.17. The van der Waals surface area contributed by atoms with E-state index in [0.717, 1.165) is 17.0 Å². The van der Waals surface area contributed by atoms with E-state index >= 15 is 0 Å². The number of carbonyl (C=O) groups is 2. The summed E-state index contributed by atoms with van der Waals surface area (Å²) in [5.41, 5.74) is 1.72. The van der Waals surface area contributed by atoms with Crippen LogP contribution in [0.5, 0.6) is 5.75 Å². The third-order valence-electron chi connectivity index (χ3n) is 4.18. The predicted molar refractivity (Wildman–Crippen MR) is 101 cm³/mol. The van der Waals surface area contributed by atoms with Crippen molar-refractivity contribution in [3.8, 4) is 5.75 Å². The molecule has 0 aliphatic carbocycles. The minimum Gasteiger partial charge on any atom is -0.497 e. The Morgan fingerprint density at radius 3 is 2.23 bits per heavy atom. The van der Waals surface area contributed by atoms with Gasteiger partial charge in [0.15, 0.2) is 0 Å². The summed E-state index contributed by atoms with van der Waals surface area (Å²) in [7, 11) is 1.59. The van der Waals surface area contributed by atoms with Crippen LogP contribution in [-0.2, 0) is 20.7 Å². The first-order valence-electron chi connectivity index (χ1n) is 8.66. The number of methoxy groups -OCH3 is 1. The lowest BCUT2D eigenvalue weighted by atomic mass is 9.88. The predicted octanol–water partition coefficient (Wildman–Crippen LogP) is 3.49. The molecule has 0 aliphatic rings. The van der Waals surface area contributed by atoms with Crippen LogP contribution >= 0.6 is 0 Å². The summed E-state index contributed by atoms with van der Waals surface area (Å²) in [5.74, 6) is -0.304. The van der Waals surface area contributed by atoms with E-state index in [2.05, 4.69) is 5.32 Å². The highest BCUT2D eigenvalue weighted by molar-refractivity contribution is 5.89. The van der Waals surface area contributed by atoms with E-state index in [4.69, 9.17) is 9.47 Å². The fourth-order valence-electron chi connectivity index (χ4n) is 2.79. The Balaban J connectivity index is 2.26. The third kappa shape index (κ3) is 5.34. The molecule has 5 nitrogen and oxygen atoms in total. The maximum Gasteiger partial charge on any atom is 0.329 e. The number of hydrogen-bond acceptors (Lipinski definition) is 5. The molecule has 2 aromatic rings. The molecule has 0 bridgehead atoms. The van der Waals surface area contributed by atoms with Crippen molar-refractivity contribution in [3.05, 3.63) is 60.2 Å². The van der Waals surface area contributed by atoms with Gasteiger partial charge in [-0.1, -0.05) is 30.3 Å². The number of Topliss-reactive ketones (excluding diaryl/α,β-unsaturated/α-hetero) is 1. The van der Waals surface area contributed by atoms with E-state index in [1.165, 1.54) is 6.92 Å². The van der Waals surface area contributed by atoms with Gasteiger partial charge < -0.3 is 14.8 Å². The molecule has 2 atom stereocenters. The van der Waals surface area contributed by atoms with Gasteiger partial charge in [-0.15, -0.1) is 0 Å². The second kappa shape index (κ2) is 9.61. The highest BCUT2D eigenvalue weighted by atomic mass is 16.5. The van der Waals surface area contributed by atoms with Crippen LogP contribution in [0.15, 0.2) is 54.6 Å². The number of ketones is 1. The smallest absolute Gasteiger partial charge is 0.329 e. The van der Waals surface area contributed by atoms with Gasteiger partial charge >= 0.3 is 5.97 Å². The number of rotatable bonds is 9. The highest BCUT2D eigenvalue weighted by Crippen LogP contribution is 2.21. The zero-order valence-corrected chi connectivity index (χ0v) is 15.4. The summed E-state index contributed by atoms with van der Waals surface area (Å²) in [6.07, 6.45) is 0.461. The summed E-state index contributed by atoms with van der Waals surface area (Å²) in [4.78, 5) is 24.9. The van der Waals surface area contributed by atoms with Crippen molar-refractivity contribution < 1.29 is 19.1 Å². The van der Waals surface area contributed by atoms with Gasteiger partial charge in [0, 0.05) is 5.69 Å². The molecule has 0 aromatic heterocycles. The average Bonchev–Trinajstić information content (AvgIpc) is 2.66. The molecule has 0 amide bonds. The van der Waals surface area contributed by atoms with Crippen LogP contribution in [0.3, 0.4) is 0 Å². The summed E-state index contributed by atoms with van der Waals surface area (Å²) >= 11 is 0. The van der Waals surface area contributed by atoms with Crippen molar-refractivity contribution in [2.45, 2.75) is 26.3 Å². The van der Waals surface area contributed by atoms with E-state index in [-0.39, 0.29) is 12.4 Å². The molecule has 26 heavy (non-hydrogen) atoms. The lowest BCUT2D eigenvalue weighted by molar-refractivity contribution is -0.147. The van der Waals surface area contributed by atoms with Gasteiger partial charge in [0.05, 0.1) is 19.6 Å². The van der Waals surface area contributed by atoms with E-state index in [9.17, 15) is 9.59 Å². The van der Waals surface area contributed by atoms with Crippen molar-refractivity contribution in [1.82, 2.24) is 0 Å². The minimum absolute atomic E-state index is 0.0621. The zero-order valence-electron chi connectivity index (χ0n) is 15.4. The second-order valence-electron chi connectivity index (χ2n) is 6.01. The largest absolute Gasteiger partial charge is 0.497 e. The van der Waals surface area contributed by atoms with Gasteiger partial charge in [0.2, 0.25) is 0 Å². The molecule has 0 heterocycles. The molecular weight excluding hydrogens is 330 g/mol. The molecule has 1 N–H and O–H groups in total. The molecule has 0 saturated carbocycles. The van der Waals surface area contributed by atoms with Gasteiger partial charge in [-0.3, -0.25) is 4.79 Å². The Hall–Kier alpha value is -2.82. The van der Waals surface area contributed by atoms with Gasteiger partial charge in [-0.05, 0) is 50.1 Å². The molecule has 0 spiro atoms. The summed E-state index contributed by atoms with van der Waals surface area (Å²) in [6, 6.07) is 16.1. The van der Waals surface area contributed by atoms with Crippen molar-refractivity contribution in [2.75, 3.05) is 19.0 Å². The molecule has 0 radical (unpaired) electrons. The average molecular weight is 355 g/mol. The Kier molecular flexibility index (Phi) is 7.21. The maximum absolute atomic E-state index is 12.5. The monoisotopic (exact) mass is 355 g/mol. The summed E-state index contributed by atoms with van der Waals surface area (Å²) in [6.45, 7) is 3.52. The van der Waals surface area contributed by atoms with Crippen LogP contribution in [0.1, 0.15) is 19.4 Å². The Morgan fingerprint density at radius 1 is 1.04 bits per heavy atom. The number of esters is 1. The molecule has 2 rings (SSSR count). The molecule has 138 valence electrons. The second-order valence-corrected chi connectivity index (χ2v) is 6.01. The number of nitrogens with one attached hydrogen (secondary N) is 1. The quantitative estimate of drug-likeness (QED) is 0.698. The Bertz CT molecular complexity index is 713. The molecule has 0 saturated heterocycles. The van der Waals surface area contributed by atoms with Crippen LogP contribution in [0.25, 0.3) is 0 Å². The van der Waals surface area contributed by atoms with Gasteiger partial charge in [-0.2, -0.15) is 0 Å². The first-order chi connectivity index (χ1) is 12.5. The van der Waals surface area contributed by atoms with Crippen LogP contribution in [0.4, 0.5) is 5.69 Å². The fraction of sp³-hybridized carbons (Fsp3) is 0.333. The molecule has 0 fully saturated rings. The van der Waals surface area contributed by atoms with E-state index in [1.54, 1.807) is 26.2 Å². The zero-order chi connectivity index (χ0) is 18.9. The van der Waals surface area contributed by atoms with Crippen molar-refractivity contribution >= 4 is 17.4 Å². The van der Waals surface area contributed by atoms with Crippen LogP contribution in [0, 0.1) is 5.92 Å². The van der Waals surface area contributed by atoms with E-state index < -0.39 is 17.9 Å². The standard InChI is InChI=1S/C21H25NO4/c1-4-26-21(24)20(22-17-10-12-18(25-3)13-11-17)19(15(2)23)14-16-8-6-5-7-9-16/h5-13,19-20,22H,4,14H2,1-3H3/t19-,20-/m0/s1. The molecular formula is C21H25NO4. The third-order valence-corrected chi connectivity index (χ3v) is 4.18. The van der Waals surface area contributed by atoms with Gasteiger partial charge in [0.25, 0.3) is 0 Å². The van der Waals surface area contributed by atoms with E-state index in [1.807, 2.05) is 42.5 Å². The Morgan fingerprint density at radius 2 is 1.69 bits per heavy atom. The number of anilines is 1. The number of carbonyl (C=O) groups excluding carboxylic acids is 2. The molecule has 5 heteroatoms. The van der Waals surface area contributed by atoms with Crippen molar-refractivity contribution in [1.29, 1.82) is 0 Å². The number of ether oxygens (including phenoxy) is 2. The van der Waals surface area contributed by atoms with Gasteiger partial charge in [-0.25, -0.2) is 4.79 Å². The lowest BCUT2D eigenvalue weighted by Crippen LogP contribution is -2.42. The van der Waals surface area contributed by atoms with Crippen molar-refractivity contribution in [3.63, 3.8) is 0 Å². The van der Waals surface area contributed by atoms with Crippen LogP contribution < -0.4 is 10.1 Å². The normalized spacial score (nSPS) is 12.7.